The summed E-state index contributed by atoms with van der Waals surface area (Å²) in [5.41, 5.74) is 1.23. The molecule has 2 heterocycles. The third-order valence-corrected chi connectivity index (χ3v) is 2.93. The van der Waals surface area contributed by atoms with Crippen molar-refractivity contribution < 1.29 is 4.74 Å². The van der Waals surface area contributed by atoms with Gasteiger partial charge in [-0.2, -0.15) is 0 Å². The molecule has 0 aromatic carbocycles. The third kappa shape index (κ3) is 4.13. The van der Waals surface area contributed by atoms with Gasteiger partial charge in [-0.3, -0.25) is 0 Å². The zero-order valence-corrected chi connectivity index (χ0v) is 11.1. The highest BCUT2D eigenvalue weighted by Gasteiger charge is 2.16. The Morgan fingerprint density at radius 1 is 1.53 bits per heavy atom. The summed E-state index contributed by atoms with van der Waals surface area (Å²) < 4.78 is 7.75. The lowest BCUT2D eigenvalue weighted by atomic mass is 10.1. The normalized spacial score (nSPS) is 21.0. The van der Waals surface area contributed by atoms with E-state index >= 15 is 0 Å². The van der Waals surface area contributed by atoms with Crippen molar-refractivity contribution in [1.82, 2.24) is 14.9 Å². The first-order valence-electron chi connectivity index (χ1n) is 6.40. The van der Waals surface area contributed by atoms with Crippen LogP contribution in [0.15, 0.2) is 12.5 Å². The van der Waals surface area contributed by atoms with Crippen molar-refractivity contribution in [1.29, 1.82) is 0 Å². The summed E-state index contributed by atoms with van der Waals surface area (Å²) in [5.74, 6) is 0. The molecule has 1 unspecified atom stereocenters. The largest absolute Gasteiger partial charge is 0.376 e. The molecule has 0 aliphatic carbocycles. The quantitative estimate of drug-likeness (QED) is 0.870. The molecule has 1 aliphatic rings. The summed E-state index contributed by atoms with van der Waals surface area (Å²) >= 11 is 0. The molecule has 1 aromatic rings. The molecule has 0 amide bonds. The van der Waals surface area contributed by atoms with Crippen LogP contribution in [0.3, 0.4) is 0 Å². The Morgan fingerprint density at radius 3 is 3.00 bits per heavy atom. The van der Waals surface area contributed by atoms with Crippen molar-refractivity contribution in [2.75, 3.05) is 6.61 Å². The highest BCUT2D eigenvalue weighted by atomic mass is 16.5. The van der Waals surface area contributed by atoms with Gasteiger partial charge in [-0.15, -0.1) is 0 Å². The number of nitrogens with zero attached hydrogens (tertiary/aromatic N) is 2. The summed E-state index contributed by atoms with van der Waals surface area (Å²) in [6.45, 7) is 9.16. The van der Waals surface area contributed by atoms with E-state index in [-0.39, 0.29) is 5.54 Å². The lowest BCUT2D eigenvalue weighted by Crippen LogP contribution is -2.35. The van der Waals surface area contributed by atoms with Crippen LogP contribution in [0, 0.1) is 0 Å². The van der Waals surface area contributed by atoms with E-state index in [9.17, 15) is 0 Å². The Labute approximate surface area is 103 Å². The second-order valence-electron chi connectivity index (χ2n) is 5.80. The molecule has 1 saturated heterocycles. The zero-order valence-electron chi connectivity index (χ0n) is 11.1. The van der Waals surface area contributed by atoms with Gasteiger partial charge in [0.2, 0.25) is 0 Å². The van der Waals surface area contributed by atoms with Crippen LogP contribution in [0.5, 0.6) is 0 Å². The standard InChI is InChI=1S/C13H23N3O/c1-13(2,3)15-7-11-8-16(10-14-11)9-12-5-4-6-17-12/h8,10,12,15H,4-7,9H2,1-3H3. The van der Waals surface area contributed by atoms with Crippen LogP contribution in [-0.2, 0) is 17.8 Å². The minimum absolute atomic E-state index is 0.137. The summed E-state index contributed by atoms with van der Waals surface area (Å²) in [6, 6.07) is 0. The van der Waals surface area contributed by atoms with E-state index in [2.05, 4.69) is 41.8 Å². The number of hydrogen-bond acceptors (Lipinski definition) is 3. The van der Waals surface area contributed by atoms with Crippen LogP contribution in [-0.4, -0.2) is 27.8 Å². The van der Waals surface area contributed by atoms with Crippen molar-refractivity contribution in [3.8, 4) is 0 Å². The van der Waals surface area contributed by atoms with E-state index in [4.69, 9.17) is 4.74 Å². The minimum Gasteiger partial charge on any atom is -0.376 e. The van der Waals surface area contributed by atoms with Gasteiger partial charge in [0.15, 0.2) is 0 Å². The van der Waals surface area contributed by atoms with Crippen LogP contribution in [0.2, 0.25) is 0 Å². The van der Waals surface area contributed by atoms with Crippen molar-refractivity contribution in [3.63, 3.8) is 0 Å². The maximum absolute atomic E-state index is 5.62. The van der Waals surface area contributed by atoms with Gasteiger partial charge >= 0.3 is 0 Å². The van der Waals surface area contributed by atoms with Gasteiger partial charge in [0.05, 0.1) is 18.1 Å². The molecule has 96 valence electrons. The van der Waals surface area contributed by atoms with E-state index in [1.165, 1.54) is 12.8 Å². The van der Waals surface area contributed by atoms with Crippen molar-refractivity contribution in [3.05, 3.63) is 18.2 Å². The molecule has 1 fully saturated rings. The summed E-state index contributed by atoms with van der Waals surface area (Å²) in [6.07, 6.45) is 6.76. The van der Waals surface area contributed by atoms with Crippen LogP contribution in [0.4, 0.5) is 0 Å². The van der Waals surface area contributed by atoms with Crippen LogP contribution in [0.1, 0.15) is 39.3 Å². The summed E-state index contributed by atoms with van der Waals surface area (Å²) in [5, 5.41) is 3.44. The van der Waals surface area contributed by atoms with Gasteiger partial charge in [-0.1, -0.05) is 0 Å². The number of aromatic nitrogens is 2. The second-order valence-corrected chi connectivity index (χ2v) is 5.80. The molecule has 2 rings (SSSR count). The first-order chi connectivity index (χ1) is 8.03. The number of rotatable bonds is 4. The Balaban J connectivity index is 1.83. The minimum atomic E-state index is 0.137. The van der Waals surface area contributed by atoms with Gasteiger partial charge in [-0.25, -0.2) is 4.98 Å². The first kappa shape index (κ1) is 12.6. The molecule has 0 bridgehead atoms. The molecular formula is C13H23N3O. The molecule has 1 N–H and O–H groups in total. The van der Waals surface area contributed by atoms with Gasteiger partial charge in [0, 0.05) is 31.4 Å². The molecule has 1 aliphatic heterocycles. The van der Waals surface area contributed by atoms with E-state index < -0.39 is 0 Å². The first-order valence-corrected chi connectivity index (χ1v) is 6.40. The Kier molecular flexibility index (Phi) is 3.84. The Bertz CT molecular complexity index is 348. The van der Waals surface area contributed by atoms with Crippen LogP contribution >= 0.6 is 0 Å². The SMILES string of the molecule is CC(C)(C)NCc1cn(CC2CCCO2)cn1. The lowest BCUT2D eigenvalue weighted by Gasteiger charge is -2.19. The van der Waals surface area contributed by atoms with Gasteiger partial charge < -0.3 is 14.6 Å². The average molecular weight is 237 g/mol. The van der Waals surface area contributed by atoms with Crippen molar-refractivity contribution in [2.45, 2.75) is 58.3 Å². The average Bonchev–Trinajstić information content (AvgIpc) is 2.86. The number of hydrogen-bond donors (Lipinski definition) is 1. The molecule has 4 nitrogen and oxygen atoms in total. The van der Waals surface area contributed by atoms with Gasteiger partial charge in [0.25, 0.3) is 0 Å². The second kappa shape index (κ2) is 5.19. The molecule has 17 heavy (non-hydrogen) atoms. The van der Waals surface area contributed by atoms with E-state index in [1.807, 2.05) is 6.33 Å². The fourth-order valence-electron chi connectivity index (χ4n) is 1.98. The maximum Gasteiger partial charge on any atom is 0.0950 e. The third-order valence-electron chi connectivity index (χ3n) is 2.93. The van der Waals surface area contributed by atoms with Crippen molar-refractivity contribution in [2.24, 2.45) is 0 Å². The number of imidazole rings is 1. The van der Waals surface area contributed by atoms with Crippen LogP contribution in [0.25, 0.3) is 0 Å². The summed E-state index contributed by atoms with van der Waals surface area (Å²) in [7, 11) is 0. The van der Waals surface area contributed by atoms with E-state index in [0.717, 1.165) is 25.4 Å². The van der Waals surface area contributed by atoms with Gasteiger partial charge in [0.1, 0.15) is 0 Å². The van der Waals surface area contributed by atoms with Crippen molar-refractivity contribution >= 4 is 0 Å². The molecule has 0 saturated carbocycles. The lowest BCUT2D eigenvalue weighted by molar-refractivity contribution is 0.0970. The topological polar surface area (TPSA) is 39.1 Å². The predicted molar refractivity (Wildman–Crippen MR) is 67.8 cm³/mol. The molecule has 4 heteroatoms. The fourth-order valence-corrected chi connectivity index (χ4v) is 1.98. The fraction of sp³-hybridized carbons (Fsp3) is 0.769. The smallest absolute Gasteiger partial charge is 0.0950 e. The Hall–Kier alpha value is -0.870. The molecule has 0 radical (unpaired) electrons. The zero-order chi connectivity index (χ0) is 12.3. The molecule has 1 aromatic heterocycles. The van der Waals surface area contributed by atoms with Gasteiger partial charge in [-0.05, 0) is 33.6 Å². The summed E-state index contributed by atoms with van der Waals surface area (Å²) in [4.78, 5) is 4.41. The highest BCUT2D eigenvalue weighted by Crippen LogP contribution is 2.14. The maximum atomic E-state index is 5.62. The monoisotopic (exact) mass is 237 g/mol. The molecular weight excluding hydrogens is 214 g/mol. The predicted octanol–water partition coefficient (Wildman–Crippen LogP) is 1.95. The van der Waals surface area contributed by atoms with Crippen LogP contribution < -0.4 is 5.32 Å². The van der Waals surface area contributed by atoms with E-state index in [0.29, 0.717) is 6.10 Å². The Morgan fingerprint density at radius 2 is 2.35 bits per heavy atom. The highest BCUT2D eigenvalue weighted by molar-refractivity contribution is 4.97. The number of nitrogens with one attached hydrogen (secondary N) is 1. The number of ether oxygens (including phenoxy) is 1. The molecule has 0 spiro atoms. The molecule has 1 atom stereocenters. The van der Waals surface area contributed by atoms with E-state index in [1.54, 1.807) is 0 Å².